The highest BCUT2D eigenvalue weighted by molar-refractivity contribution is 5.97. The van der Waals surface area contributed by atoms with Gasteiger partial charge in [0.05, 0.1) is 11.7 Å². The Morgan fingerprint density at radius 1 is 1.05 bits per heavy atom. The van der Waals surface area contributed by atoms with Crippen molar-refractivity contribution >= 4 is 12.2 Å². The summed E-state index contributed by atoms with van der Waals surface area (Å²) in [5.41, 5.74) is 5.76. The molecule has 0 radical (unpaired) electrons. The van der Waals surface area contributed by atoms with Gasteiger partial charge in [0, 0.05) is 35.0 Å². The first-order chi connectivity index (χ1) is 18.9. The van der Waals surface area contributed by atoms with Crippen molar-refractivity contribution in [2.75, 3.05) is 20.1 Å². The van der Waals surface area contributed by atoms with E-state index < -0.39 is 6.10 Å². The van der Waals surface area contributed by atoms with Gasteiger partial charge in [-0.25, -0.2) is 0 Å². The summed E-state index contributed by atoms with van der Waals surface area (Å²) in [6, 6.07) is 19.7. The van der Waals surface area contributed by atoms with Gasteiger partial charge in [0.1, 0.15) is 12.0 Å². The fourth-order valence-electron chi connectivity index (χ4n) is 7.07. The van der Waals surface area contributed by atoms with Crippen LogP contribution in [0, 0.1) is 5.92 Å². The fourth-order valence-corrected chi connectivity index (χ4v) is 7.07. The van der Waals surface area contributed by atoms with E-state index in [0.717, 1.165) is 53.5 Å². The number of carbonyl (C=O) groups excluding carboxylic acids is 2. The molecule has 2 bridgehead atoms. The van der Waals surface area contributed by atoms with Crippen LogP contribution in [0.25, 0.3) is 11.1 Å². The van der Waals surface area contributed by atoms with Crippen LogP contribution in [0.3, 0.4) is 0 Å². The maximum atomic E-state index is 13.2. The average Bonchev–Trinajstić information content (AvgIpc) is 2.95. The van der Waals surface area contributed by atoms with E-state index in [4.69, 9.17) is 0 Å². The van der Waals surface area contributed by atoms with Gasteiger partial charge in [-0.2, -0.15) is 0 Å². The first-order valence-electron chi connectivity index (χ1n) is 13.7. The second-order valence-corrected chi connectivity index (χ2v) is 11.3. The van der Waals surface area contributed by atoms with Gasteiger partial charge in [-0.05, 0) is 67.6 Å². The Labute approximate surface area is 229 Å². The molecule has 1 saturated heterocycles. The second kappa shape index (κ2) is 10.1. The number of piperidine rings is 1. The van der Waals surface area contributed by atoms with Crippen LogP contribution < -0.4 is 5.32 Å². The number of likely N-dealkylation sites (tertiary alicyclic amines) is 1. The van der Waals surface area contributed by atoms with Crippen LogP contribution in [-0.4, -0.2) is 59.6 Å². The zero-order valence-corrected chi connectivity index (χ0v) is 22.1. The summed E-state index contributed by atoms with van der Waals surface area (Å²) in [6.07, 6.45) is 7.22. The van der Waals surface area contributed by atoms with E-state index in [1.165, 1.54) is 0 Å². The molecule has 3 aromatic carbocycles. The lowest BCUT2D eigenvalue weighted by Gasteiger charge is -2.57. The smallest absolute Gasteiger partial charge is 0.255 e. The number of benzene rings is 3. The molecule has 4 atom stereocenters. The van der Waals surface area contributed by atoms with E-state index in [-0.39, 0.29) is 23.0 Å². The molecular weight excluding hydrogens is 488 g/mol. The van der Waals surface area contributed by atoms with Crippen molar-refractivity contribution in [3.8, 4) is 16.9 Å². The predicted molar refractivity (Wildman–Crippen MR) is 151 cm³/mol. The number of aromatic hydroxyl groups is 1. The number of amides is 1. The number of aldehydes is 1. The summed E-state index contributed by atoms with van der Waals surface area (Å²) in [5.74, 6) is 0.00447. The van der Waals surface area contributed by atoms with E-state index in [0.29, 0.717) is 36.6 Å². The maximum Gasteiger partial charge on any atom is 0.255 e. The number of fused-ring (bicyclic) bond motifs is 1. The number of phenolic OH excluding ortho intramolecular Hbond substituents is 1. The van der Waals surface area contributed by atoms with Crippen molar-refractivity contribution in [3.63, 3.8) is 0 Å². The lowest BCUT2D eigenvalue weighted by molar-refractivity contribution is 0.0195. The summed E-state index contributed by atoms with van der Waals surface area (Å²) >= 11 is 0. The molecule has 0 spiro atoms. The highest BCUT2D eigenvalue weighted by Gasteiger charge is 2.54. The molecule has 3 aromatic rings. The number of nitrogens with zero attached hydrogens (tertiary/aromatic N) is 1. The molecule has 0 saturated carbocycles. The van der Waals surface area contributed by atoms with Gasteiger partial charge in [0.15, 0.2) is 0 Å². The van der Waals surface area contributed by atoms with Gasteiger partial charge in [0.25, 0.3) is 5.91 Å². The normalized spacial score (nSPS) is 25.4. The lowest BCUT2D eigenvalue weighted by atomic mass is 9.53. The quantitative estimate of drug-likeness (QED) is 0.332. The van der Waals surface area contributed by atoms with Gasteiger partial charge in [-0.1, -0.05) is 66.7 Å². The van der Waals surface area contributed by atoms with Crippen LogP contribution >= 0.6 is 0 Å². The largest absolute Gasteiger partial charge is 0.507 e. The molecule has 6 nitrogen and oxygen atoms in total. The van der Waals surface area contributed by atoms with E-state index in [9.17, 15) is 19.8 Å². The number of phenols is 1. The summed E-state index contributed by atoms with van der Waals surface area (Å²) in [6.45, 7) is 1.35. The van der Waals surface area contributed by atoms with Crippen LogP contribution in [-0.2, 0) is 18.3 Å². The minimum atomic E-state index is -0.546. The van der Waals surface area contributed by atoms with Crippen LogP contribution in [0.2, 0.25) is 0 Å². The number of likely N-dealkylation sites (N-methyl/N-ethyl adjacent to an activating group) is 1. The number of hydrogen-bond donors (Lipinski definition) is 3. The van der Waals surface area contributed by atoms with Crippen LogP contribution in [0.4, 0.5) is 0 Å². The van der Waals surface area contributed by atoms with Crippen molar-refractivity contribution in [3.05, 3.63) is 101 Å². The van der Waals surface area contributed by atoms with Crippen molar-refractivity contribution < 1.29 is 19.8 Å². The number of aliphatic hydroxyl groups excluding tert-OH is 1. The van der Waals surface area contributed by atoms with Crippen molar-refractivity contribution in [1.29, 1.82) is 0 Å². The molecule has 39 heavy (non-hydrogen) atoms. The van der Waals surface area contributed by atoms with Gasteiger partial charge < -0.3 is 20.4 Å². The summed E-state index contributed by atoms with van der Waals surface area (Å²) < 4.78 is 0. The molecule has 1 amide bonds. The third-order valence-electron chi connectivity index (χ3n) is 9.11. The first kappa shape index (κ1) is 25.5. The Hall–Kier alpha value is -3.74. The van der Waals surface area contributed by atoms with E-state index in [2.05, 4.69) is 23.3 Å². The summed E-state index contributed by atoms with van der Waals surface area (Å²) in [4.78, 5) is 26.5. The van der Waals surface area contributed by atoms with Crippen LogP contribution in [0.15, 0.2) is 72.8 Å². The molecule has 1 fully saturated rings. The molecule has 200 valence electrons. The van der Waals surface area contributed by atoms with Crippen LogP contribution in [0.1, 0.15) is 50.2 Å². The predicted octanol–water partition coefficient (Wildman–Crippen LogP) is 4.28. The molecule has 0 aromatic heterocycles. The van der Waals surface area contributed by atoms with Gasteiger partial charge in [0.2, 0.25) is 0 Å². The number of carbonyl (C=O) groups is 2. The highest BCUT2D eigenvalue weighted by atomic mass is 16.3. The Kier molecular flexibility index (Phi) is 6.61. The van der Waals surface area contributed by atoms with E-state index >= 15 is 0 Å². The third-order valence-corrected chi connectivity index (χ3v) is 9.11. The topological polar surface area (TPSA) is 89.9 Å². The molecule has 1 unspecified atom stereocenters. The Morgan fingerprint density at radius 3 is 2.49 bits per heavy atom. The fraction of sp³-hybridized carbons (Fsp3) is 0.333. The lowest BCUT2D eigenvalue weighted by Crippen LogP contribution is -2.60. The standard InChI is InChI=1S/C33H34N2O4/c1-35-17-15-33-19-26(37)11-13-28(33)29(35)18-25-10-12-27(31(38)30(25)33)32(39)34-16-14-21-2-6-23(7-3-21)24-8-4-22(20-36)5-9-24/h2-13,20,26,28-29,37-38H,14-19H2,1H3,(H,34,39)/t26-,28-,29+,33?/m0/s1. The molecule has 2 aliphatic carbocycles. The highest BCUT2D eigenvalue weighted by Crippen LogP contribution is 2.56. The summed E-state index contributed by atoms with van der Waals surface area (Å²) in [7, 11) is 2.15. The second-order valence-electron chi connectivity index (χ2n) is 11.3. The molecule has 1 heterocycles. The molecule has 6 rings (SSSR count). The number of hydrogen-bond acceptors (Lipinski definition) is 5. The first-order valence-corrected chi connectivity index (χ1v) is 13.7. The monoisotopic (exact) mass is 522 g/mol. The Bertz CT molecular complexity index is 1430. The Morgan fingerprint density at radius 2 is 1.77 bits per heavy atom. The van der Waals surface area contributed by atoms with Gasteiger partial charge in [-0.3, -0.25) is 9.59 Å². The zero-order chi connectivity index (χ0) is 27.1. The molecule has 3 N–H and O–H groups in total. The van der Waals surface area contributed by atoms with Crippen molar-refractivity contribution in [1.82, 2.24) is 10.2 Å². The number of aliphatic hydroxyl groups is 1. The maximum absolute atomic E-state index is 13.2. The third kappa shape index (κ3) is 4.48. The number of rotatable bonds is 6. The Balaban J connectivity index is 1.16. The van der Waals surface area contributed by atoms with E-state index in [1.807, 2.05) is 48.5 Å². The number of nitrogens with one attached hydrogen (secondary N) is 1. The van der Waals surface area contributed by atoms with Gasteiger partial charge in [-0.15, -0.1) is 0 Å². The minimum absolute atomic E-state index is 0.0745. The summed E-state index contributed by atoms with van der Waals surface area (Å²) in [5, 5.41) is 25.1. The van der Waals surface area contributed by atoms with Crippen molar-refractivity contribution in [2.24, 2.45) is 5.92 Å². The van der Waals surface area contributed by atoms with E-state index in [1.54, 1.807) is 18.2 Å². The zero-order valence-electron chi connectivity index (χ0n) is 22.1. The molecular formula is C33H34N2O4. The average molecular weight is 523 g/mol. The molecule has 6 heteroatoms. The molecule has 1 aliphatic heterocycles. The SMILES string of the molecule is CN1CCC23C[C@@H](O)C=C[C@H]2[C@H]1Cc1ccc(C(=O)NCCc2ccc(-c4ccc(C=O)cc4)cc2)c(O)c13. The van der Waals surface area contributed by atoms with Crippen LogP contribution in [0.5, 0.6) is 5.75 Å². The molecule has 3 aliphatic rings. The minimum Gasteiger partial charge on any atom is -0.507 e. The van der Waals surface area contributed by atoms with Crippen molar-refractivity contribution in [2.45, 2.75) is 43.2 Å². The van der Waals surface area contributed by atoms with Gasteiger partial charge >= 0.3 is 0 Å².